The molecule has 2 unspecified atom stereocenters. The van der Waals surface area contributed by atoms with E-state index in [1.54, 1.807) is 11.3 Å². The molecule has 1 fully saturated rings. The first kappa shape index (κ1) is 13.0. The second kappa shape index (κ2) is 5.96. The van der Waals surface area contributed by atoms with Gasteiger partial charge in [-0.25, -0.2) is 0 Å². The van der Waals surface area contributed by atoms with E-state index in [1.807, 2.05) is 0 Å². The van der Waals surface area contributed by atoms with Crippen LogP contribution in [0.15, 0.2) is 16.8 Å². The maximum atomic E-state index is 5.95. The standard InChI is InChI=1S/C13H22N2OS/c1-13(7-2-3-8-16-13)12(15-14)5-4-11-6-9-17-10-11/h6,9-10,12,15H,2-5,7-8,14H2,1H3. The molecule has 1 aliphatic rings. The Morgan fingerprint density at radius 3 is 3.06 bits per heavy atom. The second-order valence-electron chi connectivity index (χ2n) is 5.01. The number of hydrazine groups is 1. The van der Waals surface area contributed by atoms with E-state index in [9.17, 15) is 0 Å². The zero-order chi connectivity index (χ0) is 12.1. The molecule has 1 aliphatic heterocycles. The van der Waals surface area contributed by atoms with Crippen LogP contribution in [0.2, 0.25) is 0 Å². The number of nitrogens with one attached hydrogen (secondary N) is 1. The largest absolute Gasteiger partial charge is 0.374 e. The average Bonchev–Trinajstić information content (AvgIpc) is 2.83. The Morgan fingerprint density at radius 2 is 2.47 bits per heavy atom. The predicted molar refractivity (Wildman–Crippen MR) is 72.0 cm³/mol. The van der Waals surface area contributed by atoms with E-state index in [2.05, 4.69) is 29.2 Å². The van der Waals surface area contributed by atoms with Gasteiger partial charge in [0.25, 0.3) is 0 Å². The van der Waals surface area contributed by atoms with Crippen LogP contribution in [0.25, 0.3) is 0 Å². The van der Waals surface area contributed by atoms with E-state index >= 15 is 0 Å². The molecular formula is C13H22N2OS. The molecule has 0 saturated carbocycles. The van der Waals surface area contributed by atoms with Gasteiger partial charge in [0.05, 0.1) is 11.6 Å². The fraction of sp³-hybridized carbons (Fsp3) is 0.692. The first-order chi connectivity index (χ1) is 8.24. The lowest BCUT2D eigenvalue weighted by Crippen LogP contribution is -2.54. The van der Waals surface area contributed by atoms with Crippen LogP contribution in [-0.4, -0.2) is 18.2 Å². The molecule has 4 heteroatoms. The summed E-state index contributed by atoms with van der Waals surface area (Å²) in [4.78, 5) is 0. The van der Waals surface area contributed by atoms with Crippen LogP contribution in [0.5, 0.6) is 0 Å². The SMILES string of the molecule is CC1(C(CCc2ccsc2)NN)CCCCO1. The van der Waals surface area contributed by atoms with Crippen LogP contribution in [0.1, 0.15) is 38.2 Å². The Labute approximate surface area is 107 Å². The van der Waals surface area contributed by atoms with Crippen LogP contribution in [0, 0.1) is 0 Å². The number of hydrogen-bond donors (Lipinski definition) is 2. The maximum Gasteiger partial charge on any atom is 0.0820 e. The molecule has 0 amide bonds. The third kappa shape index (κ3) is 3.28. The Balaban J connectivity index is 1.91. The van der Waals surface area contributed by atoms with E-state index in [1.165, 1.54) is 18.4 Å². The van der Waals surface area contributed by atoms with Gasteiger partial charge in [0, 0.05) is 6.61 Å². The number of rotatable bonds is 5. The minimum absolute atomic E-state index is 0.0942. The molecule has 96 valence electrons. The Bertz CT molecular complexity index is 320. The van der Waals surface area contributed by atoms with Gasteiger partial charge in [-0.3, -0.25) is 11.3 Å². The summed E-state index contributed by atoms with van der Waals surface area (Å²) >= 11 is 1.75. The number of thiophene rings is 1. The van der Waals surface area contributed by atoms with Crippen LogP contribution in [0.3, 0.4) is 0 Å². The summed E-state index contributed by atoms with van der Waals surface area (Å²) in [6.45, 7) is 3.05. The van der Waals surface area contributed by atoms with Crippen molar-refractivity contribution in [3.05, 3.63) is 22.4 Å². The van der Waals surface area contributed by atoms with E-state index in [0.29, 0.717) is 0 Å². The molecule has 0 spiro atoms. The van der Waals surface area contributed by atoms with Crippen molar-refractivity contribution in [3.8, 4) is 0 Å². The van der Waals surface area contributed by atoms with Crippen molar-refractivity contribution in [2.75, 3.05) is 6.61 Å². The summed E-state index contributed by atoms with van der Waals surface area (Å²) in [7, 11) is 0. The van der Waals surface area contributed by atoms with Crippen LogP contribution >= 0.6 is 11.3 Å². The Hall–Kier alpha value is -0.420. The summed E-state index contributed by atoms with van der Waals surface area (Å²) in [5, 5.41) is 4.33. The third-order valence-corrected chi connectivity index (χ3v) is 4.47. The van der Waals surface area contributed by atoms with E-state index in [4.69, 9.17) is 10.6 Å². The van der Waals surface area contributed by atoms with E-state index < -0.39 is 0 Å². The van der Waals surface area contributed by atoms with Crippen molar-refractivity contribution in [1.29, 1.82) is 0 Å². The number of hydrogen-bond acceptors (Lipinski definition) is 4. The molecule has 2 rings (SSSR count). The first-order valence-corrected chi connectivity index (χ1v) is 7.30. The molecule has 0 aliphatic carbocycles. The van der Waals surface area contributed by atoms with Gasteiger partial charge in [0.15, 0.2) is 0 Å². The molecule has 0 bridgehead atoms. The lowest BCUT2D eigenvalue weighted by atomic mass is 9.85. The summed E-state index contributed by atoms with van der Waals surface area (Å²) < 4.78 is 5.95. The lowest BCUT2D eigenvalue weighted by Gasteiger charge is -2.40. The zero-order valence-electron chi connectivity index (χ0n) is 10.4. The van der Waals surface area contributed by atoms with Crippen molar-refractivity contribution < 1.29 is 4.74 Å². The molecule has 3 nitrogen and oxygen atoms in total. The van der Waals surface area contributed by atoms with Crippen LogP contribution in [-0.2, 0) is 11.2 Å². The van der Waals surface area contributed by atoms with Gasteiger partial charge in [0.1, 0.15) is 0 Å². The predicted octanol–water partition coefficient (Wildman–Crippen LogP) is 2.47. The number of nitrogens with two attached hydrogens (primary N) is 1. The first-order valence-electron chi connectivity index (χ1n) is 6.36. The smallest absolute Gasteiger partial charge is 0.0820 e. The van der Waals surface area contributed by atoms with Gasteiger partial charge in [-0.1, -0.05) is 0 Å². The topological polar surface area (TPSA) is 47.3 Å². The monoisotopic (exact) mass is 254 g/mol. The molecule has 0 radical (unpaired) electrons. The molecule has 2 atom stereocenters. The number of aryl methyl sites for hydroxylation is 1. The normalized spacial score (nSPS) is 26.9. The summed E-state index contributed by atoms with van der Waals surface area (Å²) in [5.41, 5.74) is 4.26. The van der Waals surface area contributed by atoms with Crippen molar-refractivity contribution >= 4 is 11.3 Å². The van der Waals surface area contributed by atoms with Crippen molar-refractivity contribution in [2.45, 2.75) is 50.7 Å². The quantitative estimate of drug-likeness (QED) is 0.627. The van der Waals surface area contributed by atoms with Gasteiger partial charge in [0.2, 0.25) is 0 Å². The fourth-order valence-corrected chi connectivity index (χ4v) is 3.24. The molecule has 1 aromatic rings. The summed E-state index contributed by atoms with van der Waals surface area (Å²) in [5.74, 6) is 5.70. The van der Waals surface area contributed by atoms with Gasteiger partial charge >= 0.3 is 0 Å². The fourth-order valence-electron chi connectivity index (χ4n) is 2.54. The highest BCUT2D eigenvalue weighted by Crippen LogP contribution is 2.29. The molecule has 0 aromatic carbocycles. The molecule has 1 saturated heterocycles. The van der Waals surface area contributed by atoms with Crippen LogP contribution in [0.4, 0.5) is 0 Å². The Morgan fingerprint density at radius 1 is 1.59 bits per heavy atom. The van der Waals surface area contributed by atoms with Crippen molar-refractivity contribution in [2.24, 2.45) is 5.84 Å². The lowest BCUT2D eigenvalue weighted by molar-refractivity contribution is -0.0900. The minimum Gasteiger partial charge on any atom is -0.374 e. The molecule has 2 heterocycles. The second-order valence-corrected chi connectivity index (χ2v) is 5.79. The highest BCUT2D eigenvalue weighted by molar-refractivity contribution is 7.07. The Kier molecular flexibility index (Phi) is 4.56. The molecule has 1 aromatic heterocycles. The van der Waals surface area contributed by atoms with Crippen molar-refractivity contribution in [3.63, 3.8) is 0 Å². The van der Waals surface area contributed by atoms with Gasteiger partial charge in [-0.15, -0.1) is 0 Å². The summed E-state index contributed by atoms with van der Waals surface area (Å²) in [6.07, 6.45) is 5.62. The highest BCUT2D eigenvalue weighted by Gasteiger charge is 2.35. The van der Waals surface area contributed by atoms with Gasteiger partial charge < -0.3 is 4.74 Å². The van der Waals surface area contributed by atoms with Gasteiger partial charge in [-0.2, -0.15) is 11.3 Å². The average molecular weight is 254 g/mol. The maximum absolute atomic E-state index is 5.95. The molecular weight excluding hydrogens is 232 g/mol. The minimum atomic E-state index is -0.0942. The van der Waals surface area contributed by atoms with Crippen molar-refractivity contribution in [1.82, 2.24) is 5.43 Å². The number of ether oxygens (including phenoxy) is 1. The van der Waals surface area contributed by atoms with Crippen LogP contribution < -0.4 is 11.3 Å². The third-order valence-electron chi connectivity index (χ3n) is 3.74. The van der Waals surface area contributed by atoms with E-state index in [-0.39, 0.29) is 11.6 Å². The van der Waals surface area contributed by atoms with E-state index in [0.717, 1.165) is 25.9 Å². The summed E-state index contributed by atoms with van der Waals surface area (Å²) in [6, 6.07) is 2.42. The molecule has 3 N–H and O–H groups in total. The molecule has 17 heavy (non-hydrogen) atoms. The zero-order valence-corrected chi connectivity index (χ0v) is 11.3. The highest BCUT2D eigenvalue weighted by atomic mass is 32.1. The van der Waals surface area contributed by atoms with Gasteiger partial charge in [-0.05, 0) is 61.4 Å².